The highest BCUT2D eigenvalue weighted by Gasteiger charge is 2.57. The van der Waals surface area contributed by atoms with Crippen LogP contribution < -0.4 is 10.4 Å². The van der Waals surface area contributed by atoms with Gasteiger partial charge in [-0.1, -0.05) is 117 Å². The lowest BCUT2D eigenvalue weighted by molar-refractivity contribution is -0.201. The lowest BCUT2D eigenvalue weighted by Gasteiger charge is -2.50. The fraction of sp³-hybridized carbons (Fsp3) is 0.516. The first-order valence-corrected chi connectivity index (χ1v) is 28.0. The maximum absolute atomic E-state index is 15.4. The van der Waals surface area contributed by atoms with Gasteiger partial charge in [0.25, 0.3) is 0 Å². The van der Waals surface area contributed by atoms with Crippen molar-refractivity contribution in [3.05, 3.63) is 157 Å². The van der Waals surface area contributed by atoms with Gasteiger partial charge in [-0.2, -0.15) is 0 Å². The van der Waals surface area contributed by atoms with Crippen molar-refractivity contribution >= 4 is 22.9 Å². The zero-order valence-corrected chi connectivity index (χ0v) is 44.2. The Bertz CT molecular complexity index is 2900. The summed E-state index contributed by atoms with van der Waals surface area (Å²) in [6, 6.07) is 32.4. The number of hydrogen-bond donors (Lipinski definition) is 3. The minimum Gasteiger partial charge on any atom is -0.483 e. The van der Waals surface area contributed by atoms with E-state index in [9.17, 15) is 20.1 Å². The van der Waals surface area contributed by atoms with Crippen molar-refractivity contribution in [2.75, 3.05) is 26.9 Å². The number of hydrogen-bond acceptors (Lipinski definition) is 11. The molecule has 4 aromatic carbocycles. The molecule has 0 saturated heterocycles. The molecule has 3 aliphatic carbocycles. The first-order chi connectivity index (χ1) is 36.5. The number of methoxy groups -OCH3 is 1. The molecule has 1 aromatic heterocycles. The van der Waals surface area contributed by atoms with Crippen molar-refractivity contribution in [2.24, 2.45) is 11.8 Å². The Hall–Kier alpha value is -5.59. The number of fused-ring (bicyclic) bond motifs is 11. The second kappa shape index (κ2) is 22.9. The fourth-order valence-electron chi connectivity index (χ4n) is 14.3. The van der Waals surface area contributed by atoms with Gasteiger partial charge in [0.1, 0.15) is 16.9 Å². The summed E-state index contributed by atoms with van der Waals surface area (Å²) in [4.78, 5) is 44.8. The molecule has 11 rings (SSSR count). The predicted octanol–water partition coefficient (Wildman–Crippen LogP) is 11.9. The minimum absolute atomic E-state index is 0.0480. The minimum atomic E-state index is -1.30. The summed E-state index contributed by atoms with van der Waals surface area (Å²) in [6.45, 7) is 2.69. The number of aryl methyl sites for hydroxylation is 1. The van der Waals surface area contributed by atoms with Gasteiger partial charge in [-0.15, -0.1) is 0 Å². The van der Waals surface area contributed by atoms with Gasteiger partial charge in [-0.3, -0.25) is 4.79 Å². The zero-order valence-electron chi connectivity index (χ0n) is 44.2. The van der Waals surface area contributed by atoms with Gasteiger partial charge in [0, 0.05) is 53.9 Å². The summed E-state index contributed by atoms with van der Waals surface area (Å²) in [6.07, 6.45) is 11.6. The number of aliphatic hydroxyl groups excluding tert-OH is 3. The molecule has 6 aliphatic rings. The van der Waals surface area contributed by atoms with E-state index in [1.165, 1.54) is 43.1 Å². The van der Waals surface area contributed by atoms with Crippen LogP contribution in [0.15, 0.2) is 111 Å². The molecule has 4 heterocycles. The van der Waals surface area contributed by atoms with E-state index in [1.807, 2.05) is 6.92 Å². The van der Waals surface area contributed by atoms with Gasteiger partial charge < -0.3 is 38.7 Å². The standard InChI is InChI=1S/C64H76O11/c1-40(37-66)50-26-22-41-20-23-42(24-21-41)51-27-25-44(43-14-13-19-49(35-43)64(31-11-6-12-32-64)48-17-9-5-10-18-48)34-46(51)36-55(68)72-59-57-54(75-63(2,60(59)74-61(50)69)47-15-7-4-8-16-47)29-28-52-53(38-67)56(62(70)73-58(52)57)45(30-33-65)39-71-3/h5,9-10,13-14,17-21,23-24,28-29,35,44-47,51,59-60,65-67H,4,6-8,11-12,15-16,22,25-27,30-34,36-39H2,1-3H3. The molecule has 0 spiro atoms. The molecule has 11 heteroatoms. The largest absolute Gasteiger partial charge is 0.483 e. The Morgan fingerprint density at radius 1 is 0.787 bits per heavy atom. The number of benzene rings is 4. The van der Waals surface area contributed by atoms with E-state index >= 15 is 9.59 Å². The molecule has 2 bridgehead atoms. The molecule has 5 aromatic rings. The van der Waals surface area contributed by atoms with Crippen LogP contribution >= 0.6 is 0 Å². The summed E-state index contributed by atoms with van der Waals surface area (Å²) in [5.74, 6) is -1.31. The second-order valence-electron chi connectivity index (χ2n) is 22.7. The van der Waals surface area contributed by atoms with Crippen LogP contribution in [0.3, 0.4) is 0 Å². The predicted molar refractivity (Wildman–Crippen MR) is 288 cm³/mol. The Morgan fingerprint density at radius 3 is 2.25 bits per heavy atom. The number of rotatable bonds is 11. The van der Waals surface area contributed by atoms with Crippen molar-refractivity contribution < 1.29 is 48.3 Å². The van der Waals surface area contributed by atoms with E-state index in [2.05, 4.69) is 78.9 Å². The van der Waals surface area contributed by atoms with Gasteiger partial charge in [0.2, 0.25) is 0 Å². The maximum Gasteiger partial charge on any atom is 0.340 e. The SMILES string of the molecule is COCC(CCO)c1c(CO)c2ccc3c(c2oc1=O)C1OC(=O)CC2CC(c4cccc(C5(c6ccccc6)CCCCC5)c4)CCC2c2ccc(cc2)CCC(=C(C)CO)C(=O)OC1C(C)(C1CCCCC1)O3. The third-order valence-electron chi connectivity index (χ3n) is 18.4. The molecule has 11 nitrogen and oxygen atoms in total. The average Bonchev–Trinajstić information content (AvgIpc) is 3.45. The molecule has 0 amide bonds. The molecule has 3 aliphatic heterocycles. The third-order valence-corrected chi connectivity index (χ3v) is 18.4. The smallest absolute Gasteiger partial charge is 0.340 e. The van der Waals surface area contributed by atoms with Crippen LogP contribution in [0.25, 0.3) is 11.0 Å². The van der Waals surface area contributed by atoms with E-state index in [0.717, 1.165) is 75.3 Å². The quantitative estimate of drug-likeness (QED) is 0.0656. The Morgan fingerprint density at radius 2 is 1.53 bits per heavy atom. The number of esters is 2. The van der Waals surface area contributed by atoms with Gasteiger partial charge in [-0.05, 0) is 147 Å². The molecule has 3 N–H and O–H groups in total. The van der Waals surface area contributed by atoms with E-state index in [1.54, 1.807) is 19.1 Å². The highest BCUT2D eigenvalue weighted by molar-refractivity contribution is 5.90. The Labute approximate surface area is 441 Å². The van der Waals surface area contributed by atoms with Crippen molar-refractivity contribution in [3.63, 3.8) is 0 Å². The molecule has 3 saturated carbocycles. The maximum atomic E-state index is 15.4. The fourth-order valence-corrected chi connectivity index (χ4v) is 14.3. The van der Waals surface area contributed by atoms with Crippen molar-refractivity contribution in [3.8, 4) is 5.75 Å². The van der Waals surface area contributed by atoms with E-state index < -0.39 is 47.9 Å². The van der Waals surface area contributed by atoms with Crippen LogP contribution in [0, 0.1) is 11.8 Å². The molecule has 7 unspecified atom stereocenters. The van der Waals surface area contributed by atoms with Crippen LogP contribution in [-0.2, 0) is 42.2 Å². The number of ether oxygens (including phenoxy) is 4. The molecule has 3 fully saturated rings. The van der Waals surface area contributed by atoms with Crippen LogP contribution in [0.4, 0.5) is 0 Å². The second-order valence-corrected chi connectivity index (χ2v) is 22.7. The molecule has 398 valence electrons. The van der Waals surface area contributed by atoms with Crippen LogP contribution in [0.5, 0.6) is 5.75 Å². The van der Waals surface area contributed by atoms with Gasteiger partial charge >= 0.3 is 17.6 Å². The van der Waals surface area contributed by atoms with Crippen molar-refractivity contribution in [1.82, 2.24) is 0 Å². The molecule has 75 heavy (non-hydrogen) atoms. The molecule has 0 radical (unpaired) electrons. The van der Waals surface area contributed by atoms with Crippen molar-refractivity contribution in [1.29, 1.82) is 0 Å². The normalized spacial score (nSPS) is 26.5. The summed E-state index contributed by atoms with van der Waals surface area (Å²) < 4.78 is 32.7. The van der Waals surface area contributed by atoms with Gasteiger partial charge in [0.15, 0.2) is 12.2 Å². The van der Waals surface area contributed by atoms with Crippen LogP contribution in [0.1, 0.15) is 185 Å². The lowest BCUT2D eigenvalue weighted by Crippen LogP contribution is -2.58. The van der Waals surface area contributed by atoms with Crippen LogP contribution in [0.2, 0.25) is 0 Å². The summed E-state index contributed by atoms with van der Waals surface area (Å²) in [5.41, 5.74) is 5.90. The Balaban J connectivity index is 1.10. The molecular formula is C64H76O11. The molecule has 7 atom stereocenters. The molecular weight excluding hydrogens is 945 g/mol. The van der Waals surface area contributed by atoms with E-state index in [0.29, 0.717) is 40.7 Å². The van der Waals surface area contributed by atoms with Crippen LogP contribution in [-0.4, -0.2) is 65.9 Å². The van der Waals surface area contributed by atoms with E-state index in [4.69, 9.17) is 23.4 Å². The highest BCUT2D eigenvalue weighted by atomic mass is 16.6. The van der Waals surface area contributed by atoms with Gasteiger partial charge in [-0.25, -0.2) is 9.59 Å². The van der Waals surface area contributed by atoms with Crippen molar-refractivity contribution in [2.45, 2.75) is 171 Å². The summed E-state index contributed by atoms with van der Waals surface area (Å²) in [7, 11) is 1.51. The Kier molecular flexibility index (Phi) is 16.2. The van der Waals surface area contributed by atoms with E-state index in [-0.39, 0.29) is 78.5 Å². The lowest BCUT2D eigenvalue weighted by atomic mass is 9.64. The zero-order chi connectivity index (χ0) is 52.3. The monoisotopic (exact) mass is 1020 g/mol. The average molecular weight is 1020 g/mol. The number of carbonyl (C=O) groups is 2. The topological polar surface area (TPSA) is 162 Å². The summed E-state index contributed by atoms with van der Waals surface area (Å²) in [5, 5.41) is 32.1. The first kappa shape index (κ1) is 52.8. The third kappa shape index (κ3) is 10.4. The number of aliphatic hydroxyl groups is 3. The van der Waals surface area contributed by atoms with Gasteiger partial charge in [0.05, 0.1) is 25.4 Å². The number of carbonyl (C=O) groups excluding carboxylic acids is 2. The summed E-state index contributed by atoms with van der Waals surface area (Å²) >= 11 is 0. The first-order valence-electron chi connectivity index (χ1n) is 28.0. The highest BCUT2D eigenvalue weighted by Crippen LogP contribution is 2.54.